The summed E-state index contributed by atoms with van der Waals surface area (Å²) < 4.78 is 6.57. The molecule has 0 saturated heterocycles. The number of nitrogens with one attached hydrogen (secondary N) is 1. The Morgan fingerprint density at radius 3 is 2.70 bits per heavy atom. The minimum Gasteiger partial charge on any atom is -0.495 e. The first kappa shape index (κ1) is 15.4. The van der Waals surface area contributed by atoms with Gasteiger partial charge < -0.3 is 15.0 Å². The zero-order valence-electron chi connectivity index (χ0n) is 11.9. The van der Waals surface area contributed by atoms with Crippen LogP contribution in [0.25, 0.3) is 0 Å². The third-order valence-corrected chi connectivity index (χ3v) is 4.82. The van der Waals surface area contributed by atoms with Crippen molar-refractivity contribution in [3.05, 3.63) is 44.6 Å². The van der Waals surface area contributed by atoms with E-state index in [1.807, 2.05) is 6.07 Å². The molecule has 0 radical (unpaired) electrons. The molecule has 5 heteroatoms. The summed E-state index contributed by atoms with van der Waals surface area (Å²) in [5.74, 6) is 0.875. The smallest absolute Gasteiger partial charge is 0.141 e. The molecule has 0 aliphatic carbocycles. The Morgan fingerprint density at radius 2 is 2.10 bits per heavy atom. The fourth-order valence-electron chi connectivity index (χ4n) is 1.98. The summed E-state index contributed by atoms with van der Waals surface area (Å²) in [6, 6.07) is 8.34. The second-order valence-electron chi connectivity index (χ2n) is 4.82. The van der Waals surface area contributed by atoms with E-state index < -0.39 is 0 Å². The van der Waals surface area contributed by atoms with Crippen molar-refractivity contribution in [1.29, 1.82) is 0 Å². The molecule has 0 saturated carbocycles. The van der Waals surface area contributed by atoms with Crippen LogP contribution in [0.4, 0.5) is 5.69 Å². The number of methoxy groups -OCH3 is 1. The van der Waals surface area contributed by atoms with E-state index in [0.29, 0.717) is 0 Å². The molecular weight excluding hydrogens is 336 g/mol. The summed E-state index contributed by atoms with van der Waals surface area (Å²) in [4.78, 5) is 3.44. The molecule has 0 aliphatic heterocycles. The van der Waals surface area contributed by atoms with Crippen molar-refractivity contribution in [2.24, 2.45) is 0 Å². The molecular formula is C15H19BrN2OS. The van der Waals surface area contributed by atoms with Crippen LogP contribution in [0.15, 0.2) is 34.1 Å². The van der Waals surface area contributed by atoms with Gasteiger partial charge in [-0.2, -0.15) is 0 Å². The van der Waals surface area contributed by atoms with Gasteiger partial charge in [-0.25, -0.2) is 0 Å². The summed E-state index contributed by atoms with van der Waals surface area (Å²) in [5.41, 5.74) is 2.30. The normalized spacial score (nSPS) is 10.8. The van der Waals surface area contributed by atoms with E-state index >= 15 is 0 Å². The molecule has 0 fully saturated rings. The van der Waals surface area contributed by atoms with Gasteiger partial charge in [-0.3, -0.25) is 0 Å². The summed E-state index contributed by atoms with van der Waals surface area (Å²) >= 11 is 5.29. The van der Waals surface area contributed by atoms with E-state index in [9.17, 15) is 0 Å². The van der Waals surface area contributed by atoms with Gasteiger partial charge in [0.25, 0.3) is 0 Å². The second kappa shape index (κ2) is 7.11. The summed E-state index contributed by atoms with van der Waals surface area (Å²) in [5, 5.41) is 5.54. The first-order valence-corrected chi connectivity index (χ1v) is 8.05. The molecule has 2 aromatic rings. The maximum absolute atomic E-state index is 5.42. The average molecular weight is 355 g/mol. The summed E-state index contributed by atoms with van der Waals surface area (Å²) in [6.45, 7) is 1.71. The van der Waals surface area contributed by atoms with Crippen molar-refractivity contribution >= 4 is 33.0 Å². The van der Waals surface area contributed by atoms with Crippen molar-refractivity contribution in [1.82, 2.24) is 4.90 Å². The summed E-state index contributed by atoms with van der Waals surface area (Å²) in [6.07, 6.45) is 0. The highest BCUT2D eigenvalue weighted by Crippen LogP contribution is 2.29. The quantitative estimate of drug-likeness (QED) is 0.841. The Bertz CT molecular complexity index is 569. The SMILES string of the molecule is COc1ccc(CN(C)C)cc1NCc1sccc1Br. The monoisotopic (exact) mass is 354 g/mol. The Balaban J connectivity index is 2.13. The molecule has 2 rings (SSSR count). The number of rotatable bonds is 6. The number of benzene rings is 1. The maximum atomic E-state index is 5.42. The lowest BCUT2D eigenvalue weighted by atomic mass is 10.1. The molecule has 1 aromatic heterocycles. The molecule has 0 spiro atoms. The number of thiophene rings is 1. The van der Waals surface area contributed by atoms with E-state index in [0.717, 1.165) is 29.0 Å². The molecule has 1 aromatic carbocycles. The van der Waals surface area contributed by atoms with Gasteiger partial charge in [0.2, 0.25) is 0 Å². The average Bonchev–Trinajstić information content (AvgIpc) is 2.81. The molecule has 1 N–H and O–H groups in total. The highest BCUT2D eigenvalue weighted by molar-refractivity contribution is 9.10. The van der Waals surface area contributed by atoms with Crippen LogP contribution in [0.3, 0.4) is 0 Å². The first-order valence-electron chi connectivity index (χ1n) is 6.37. The largest absolute Gasteiger partial charge is 0.495 e. The number of hydrogen-bond donors (Lipinski definition) is 1. The van der Waals surface area contributed by atoms with Gasteiger partial charge in [-0.15, -0.1) is 11.3 Å². The van der Waals surface area contributed by atoms with Crippen LogP contribution in [0.1, 0.15) is 10.4 Å². The van der Waals surface area contributed by atoms with E-state index in [1.54, 1.807) is 18.4 Å². The minimum atomic E-state index is 0.792. The topological polar surface area (TPSA) is 24.5 Å². The lowest BCUT2D eigenvalue weighted by Crippen LogP contribution is -2.11. The molecule has 1 heterocycles. The highest BCUT2D eigenvalue weighted by Gasteiger charge is 2.07. The minimum absolute atomic E-state index is 0.792. The second-order valence-corrected chi connectivity index (χ2v) is 6.67. The van der Waals surface area contributed by atoms with Gasteiger partial charge >= 0.3 is 0 Å². The molecule has 20 heavy (non-hydrogen) atoms. The van der Waals surface area contributed by atoms with Crippen LogP contribution in [0, 0.1) is 0 Å². The predicted octanol–water partition coefficient (Wildman–Crippen LogP) is 4.19. The van der Waals surface area contributed by atoms with Crippen LogP contribution in [0.5, 0.6) is 5.75 Å². The maximum Gasteiger partial charge on any atom is 0.141 e. The van der Waals surface area contributed by atoms with E-state index in [-0.39, 0.29) is 0 Å². The van der Waals surface area contributed by atoms with E-state index in [1.165, 1.54) is 10.4 Å². The molecule has 0 bridgehead atoms. The van der Waals surface area contributed by atoms with Gasteiger partial charge in [-0.05, 0) is 59.2 Å². The Kier molecular flexibility index (Phi) is 5.46. The van der Waals surface area contributed by atoms with Crippen molar-refractivity contribution in [2.45, 2.75) is 13.1 Å². The third kappa shape index (κ3) is 3.98. The lowest BCUT2D eigenvalue weighted by molar-refractivity contribution is 0.400. The van der Waals surface area contributed by atoms with Gasteiger partial charge in [-0.1, -0.05) is 6.07 Å². The number of nitrogens with zero attached hydrogens (tertiary/aromatic N) is 1. The van der Waals surface area contributed by atoms with Gasteiger partial charge in [0.05, 0.1) is 19.3 Å². The Labute approximate surface area is 132 Å². The van der Waals surface area contributed by atoms with Crippen LogP contribution < -0.4 is 10.1 Å². The third-order valence-electron chi connectivity index (χ3n) is 2.89. The fourth-order valence-corrected chi connectivity index (χ4v) is 3.42. The first-order chi connectivity index (χ1) is 9.60. The van der Waals surface area contributed by atoms with E-state index in [2.05, 4.69) is 63.8 Å². The van der Waals surface area contributed by atoms with Crippen molar-refractivity contribution in [2.75, 3.05) is 26.5 Å². The van der Waals surface area contributed by atoms with Crippen LogP contribution in [0.2, 0.25) is 0 Å². The zero-order valence-corrected chi connectivity index (χ0v) is 14.3. The molecule has 0 aliphatic rings. The van der Waals surface area contributed by atoms with Crippen molar-refractivity contribution in [3.63, 3.8) is 0 Å². The molecule has 0 amide bonds. The standard InChI is InChI=1S/C15H19BrN2OS/c1-18(2)10-11-4-5-14(19-3)13(8-11)17-9-15-12(16)6-7-20-15/h4-8,17H,9-10H2,1-3H3. The number of hydrogen-bond acceptors (Lipinski definition) is 4. The van der Waals surface area contributed by atoms with E-state index in [4.69, 9.17) is 4.74 Å². The van der Waals surface area contributed by atoms with Crippen LogP contribution >= 0.6 is 27.3 Å². The highest BCUT2D eigenvalue weighted by atomic mass is 79.9. The predicted molar refractivity (Wildman–Crippen MR) is 89.7 cm³/mol. The summed E-state index contributed by atoms with van der Waals surface area (Å²) in [7, 11) is 5.84. The van der Waals surface area contributed by atoms with Crippen molar-refractivity contribution < 1.29 is 4.74 Å². The van der Waals surface area contributed by atoms with Gasteiger partial charge in [0.15, 0.2) is 0 Å². The number of anilines is 1. The van der Waals surface area contributed by atoms with Crippen molar-refractivity contribution in [3.8, 4) is 5.75 Å². The van der Waals surface area contributed by atoms with Gasteiger partial charge in [0.1, 0.15) is 5.75 Å². The number of halogens is 1. The van der Waals surface area contributed by atoms with Crippen LogP contribution in [-0.4, -0.2) is 26.1 Å². The van der Waals surface area contributed by atoms with Gasteiger partial charge in [0, 0.05) is 15.9 Å². The fraction of sp³-hybridized carbons (Fsp3) is 0.333. The lowest BCUT2D eigenvalue weighted by Gasteiger charge is -2.15. The zero-order chi connectivity index (χ0) is 14.5. The molecule has 108 valence electrons. The van der Waals surface area contributed by atoms with Crippen LogP contribution in [-0.2, 0) is 13.1 Å². The molecule has 0 unspecified atom stereocenters. The molecule has 0 atom stereocenters. The molecule has 3 nitrogen and oxygen atoms in total. The Hall–Kier alpha value is -1.04. The number of ether oxygens (including phenoxy) is 1. The Morgan fingerprint density at radius 1 is 1.30 bits per heavy atom.